The van der Waals surface area contributed by atoms with Gasteiger partial charge >= 0.3 is 5.97 Å². The number of aromatic amines is 1. The summed E-state index contributed by atoms with van der Waals surface area (Å²) in [6, 6.07) is 6.63. The summed E-state index contributed by atoms with van der Waals surface area (Å²) in [6.07, 6.45) is 0. The number of aromatic nitrogens is 2. The number of ether oxygens (including phenoxy) is 1. The summed E-state index contributed by atoms with van der Waals surface area (Å²) in [5.41, 5.74) is 1.72. The van der Waals surface area contributed by atoms with Crippen LogP contribution in [0.25, 0.3) is 10.2 Å². The molecule has 0 aliphatic rings. The van der Waals surface area contributed by atoms with Crippen LogP contribution in [-0.2, 0) is 15.3 Å². The van der Waals surface area contributed by atoms with E-state index in [1.807, 2.05) is 13.8 Å². The van der Waals surface area contributed by atoms with Gasteiger partial charge in [-0.1, -0.05) is 6.07 Å². The fraction of sp³-hybridized carbons (Fsp3) is 0.333. The van der Waals surface area contributed by atoms with Crippen molar-refractivity contribution in [2.75, 3.05) is 11.9 Å². The molecule has 0 fully saturated rings. The highest BCUT2D eigenvalue weighted by Crippen LogP contribution is 2.26. The van der Waals surface area contributed by atoms with Crippen LogP contribution in [0.5, 0.6) is 0 Å². The lowest BCUT2D eigenvalue weighted by molar-refractivity contribution is -0.115. The van der Waals surface area contributed by atoms with E-state index in [0.29, 0.717) is 28.2 Å². The maximum absolute atomic E-state index is 12.5. The van der Waals surface area contributed by atoms with Gasteiger partial charge in [0, 0.05) is 10.6 Å². The number of benzene rings is 1. The van der Waals surface area contributed by atoms with E-state index in [4.69, 9.17) is 4.74 Å². The first-order valence-electron chi connectivity index (χ1n) is 9.48. The molecule has 2 N–H and O–H groups in total. The zero-order valence-corrected chi connectivity index (χ0v) is 18.8. The Hall–Kier alpha value is -2.65. The van der Waals surface area contributed by atoms with Crippen LogP contribution >= 0.6 is 23.1 Å². The average molecular weight is 446 g/mol. The van der Waals surface area contributed by atoms with Crippen LogP contribution in [0.15, 0.2) is 29.1 Å². The normalized spacial score (nSPS) is 12.0. The summed E-state index contributed by atoms with van der Waals surface area (Å²) in [7, 11) is 0. The lowest BCUT2D eigenvalue weighted by Crippen LogP contribution is -2.23. The smallest absolute Gasteiger partial charge is 0.338 e. The predicted molar refractivity (Wildman–Crippen MR) is 121 cm³/mol. The van der Waals surface area contributed by atoms with Crippen molar-refractivity contribution in [2.24, 2.45) is 0 Å². The van der Waals surface area contributed by atoms with E-state index in [2.05, 4.69) is 15.3 Å². The summed E-state index contributed by atoms with van der Waals surface area (Å²) < 4.78 is 4.98. The van der Waals surface area contributed by atoms with Gasteiger partial charge < -0.3 is 15.0 Å². The number of amides is 1. The fourth-order valence-corrected chi connectivity index (χ4v) is 4.63. The highest BCUT2D eigenvalue weighted by molar-refractivity contribution is 7.99. The molecule has 0 radical (unpaired) electrons. The number of H-pyrrole nitrogens is 1. The number of fused-ring (bicyclic) bond motifs is 1. The van der Waals surface area contributed by atoms with E-state index in [1.54, 1.807) is 38.1 Å². The molecule has 1 amide bonds. The molecule has 2 aromatic heterocycles. The van der Waals surface area contributed by atoms with Crippen molar-refractivity contribution in [1.29, 1.82) is 0 Å². The molecule has 0 aliphatic carbocycles. The standard InChI is InChI=1S/C21H23N3O4S2/c1-5-28-21(27)14-7-6-8-15(9-14)22-18(25)13(4)29-10-16-23-19(26)17-11(2)12(3)30-20(17)24-16/h6-9,13H,5,10H2,1-4H3,(H,22,25)(H,23,24,26). The lowest BCUT2D eigenvalue weighted by Gasteiger charge is -2.12. The SMILES string of the molecule is CCOC(=O)c1cccc(NC(=O)C(C)SCc2nc3sc(C)c(C)c3c(=O)[nH]2)c1. The van der Waals surface area contributed by atoms with Crippen molar-refractivity contribution >= 4 is 50.9 Å². The van der Waals surface area contributed by atoms with Crippen molar-refractivity contribution in [3.63, 3.8) is 0 Å². The van der Waals surface area contributed by atoms with E-state index in [1.165, 1.54) is 23.1 Å². The van der Waals surface area contributed by atoms with Gasteiger partial charge in [-0.3, -0.25) is 9.59 Å². The first kappa shape index (κ1) is 22.0. The van der Waals surface area contributed by atoms with Gasteiger partial charge in [0.15, 0.2) is 0 Å². The van der Waals surface area contributed by atoms with Crippen molar-refractivity contribution in [2.45, 2.75) is 38.7 Å². The van der Waals surface area contributed by atoms with E-state index in [-0.39, 0.29) is 23.3 Å². The highest BCUT2D eigenvalue weighted by atomic mass is 32.2. The Balaban J connectivity index is 1.64. The molecule has 1 unspecified atom stereocenters. The van der Waals surface area contributed by atoms with Crippen LogP contribution in [0.1, 0.15) is 40.5 Å². The van der Waals surface area contributed by atoms with Gasteiger partial charge in [-0.15, -0.1) is 23.1 Å². The van der Waals surface area contributed by atoms with Gasteiger partial charge in [0.1, 0.15) is 10.7 Å². The quantitative estimate of drug-likeness (QED) is 0.532. The van der Waals surface area contributed by atoms with Crippen LogP contribution in [0.2, 0.25) is 0 Å². The first-order chi connectivity index (χ1) is 14.3. The first-order valence-corrected chi connectivity index (χ1v) is 11.3. The number of nitrogens with zero attached hydrogens (tertiary/aromatic N) is 1. The molecule has 1 atom stereocenters. The Labute approximate surface area is 182 Å². The van der Waals surface area contributed by atoms with Crippen molar-refractivity contribution in [3.8, 4) is 0 Å². The minimum Gasteiger partial charge on any atom is -0.462 e. The molecule has 2 heterocycles. The number of hydrogen-bond acceptors (Lipinski definition) is 7. The van der Waals surface area contributed by atoms with E-state index in [9.17, 15) is 14.4 Å². The molecule has 1 aromatic carbocycles. The fourth-order valence-electron chi connectivity index (χ4n) is 2.83. The van der Waals surface area contributed by atoms with Crippen LogP contribution in [-0.4, -0.2) is 33.7 Å². The largest absolute Gasteiger partial charge is 0.462 e. The van der Waals surface area contributed by atoms with Gasteiger partial charge in [-0.2, -0.15) is 0 Å². The Morgan fingerprint density at radius 3 is 2.83 bits per heavy atom. The minimum atomic E-state index is -0.430. The maximum atomic E-state index is 12.5. The van der Waals surface area contributed by atoms with Crippen LogP contribution in [0.4, 0.5) is 5.69 Å². The number of carbonyl (C=O) groups excluding carboxylic acids is 2. The number of anilines is 1. The number of hydrogen-bond donors (Lipinski definition) is 2. The summed E-state index contributed by atoms with van der Waals surface area (Å²) in [6.45, 7) is 7.70. The molecule has 30 heavy (non-hydrogen) atoms. The monoisotopic (exact) mass is 445 g/mol. The third-order valence-corrected chi connectivity index (χ3v) is 6.82. The number of carbonyl (C=O) groups is 2. The summed E-state index contributed by atoms with van der Waals surface area (Å²) in [4.78, 5) is 45.9. The summed E-state index contributed by atoms with van der Waals surface area (Å²) in [5.74, 6) is 0.314. The molecular weight excluding hydrogens is 422 g/mol. The number of thioether (sulfide) groups is 1. The molecule has 158 valence electrons. The Morgan fingerprint density at radius 1 is 1.33 bits per heavy atom. The second-order valence-corrected chi connectivity index (χ2v) is 9.25. The molecule has 0 bridgehead atoms. The highest BCUT2D eigenvalue weighted by Gasteiger charge is 2.17. The zero-order chi connectivity index (χ0) is 21.8. The summed E-state index contributed by atoms with van der Waals surface area (Å²) >= 11 is 2.87. The van der Waals surface area contributed by atoms with Crippen LogP contribution in [0, 0.1) is 13.8 Å². The Kier molecular flexibility index (Phi) is 6.94. The second-order valence-electron chi connectivity index (χ2n) is 6.72. The number of thiophene rings is 1. The number of nitrogens with one attached hydrogen (secondary N) is 2. The van der Waals surface area contributed by atoms with E-state index < -0.39 is 5.97 Å². The van der Waals surface area contributed by atoms with Gasteiger partial charge in [0.25, 0.3) is 5.56 Å². The third kappa shape index (κ3) is 4.91. The number of rotatable bonds is 7. The Morgan fingerprint density at radius 2 is 2.10 bits per heavy atom. The number of aryl methyl sites for hydroxylation is 2. The van der Waals surface area contributed by atoms with Gasteiger partial charge in [0.05, 0.1) is 28.6 Å². The maximum Gasteiger partial charge on any atom is 0.338 e. The van der Waals surface area contributed by atoms with Gasteiger partial charge in [0.2, 0.25) is 5.91 Å². The molecule has 0 aliphatic heterocycles. The molecule has 0 saturated carbocycles. The number of esters is 1. The predicted octanol–water partition coefficient (Wildman–Crippen LogP) is 4.04. The van der Waals surface area contributed by atoms with Crippen LogP contribution in [0.3, 0.4) is 0 Å². The lowest BCUT2D eigenvalue weighted by atomic mass is 10.2. The van der Waals surface area contributed by atoms with Gasteiger partial charge in [-0.25, -0.2) is 9.78 Å². The second kappa shape index (κ2) is 9.44. The van der Waals surface area contributed by atoms with E-state index in [0.717, 1.165) is 15.3 Å². The molecule has 7 nitrogen and oxygen atoms in total. The van der Waals surface area contributed by atoms with E-state index >= 15 is 0 Å². The van der Waals surface area contributed by atoms with Crippen molar-refractivity contribution in [3.05, 3.63) is 56.4 Å². The van der Waals surface area contributed by atoms with Crippen LogP contribution < -0.4 is 10.9 Å². The minimum absolute atomic E-state index is 0.148. The summed E-state index contributed by atoms with van der Waals surface area (Å²) in [5, 5.41) is 3.06. The topological polar surface area (TPSA) is 101 Å². The zero-order valence-electron chi connectivity index (χ0n) is 17.2. The molecule has 9 heteroatoms. The molecule has 3 rings (SSSR count). The molecule has 0 spiro atoms. The average Bonchev–Trinajstić information content (AvgIpc) is 3.00. The molecular formula is C21H23N3O4S2. The molecule has 3 aromatic rings. The van der Waals surface area contributed by atoms with Gasteiger partial charge in [-0.05, 0) is 51.5 Å². The van der Waals surface area contributed by atoms with Crippen molar-refractivity contribution < 1.29 is 14.3 Å². The third-order valence-electron chi connectivity index (χ3n) is 4.57. The Bertz CT molecular complexity index is 1150. The van der Waals surface area contributed by atoms with Crippen molar-refractivity contribution in [1.82, 2.24) is 9.97 Å². The molecule has 0 saturated heterocycles.